The van der Waals surface area contributed by atoms with Crippen LogP contribution >= 0.6 is 0 Å². The highest BCUT2D eigenvalue weighted by Gasteiger charge is 2.32. The van der Waals surface area contributed by atoms with Gasteiger partial charge in [-0.3, -0.25) is 9.78 Å². The van der Waals surface area contributed by atoms with Crippen molar-refractivity contribution in [1.29, 1.82) is 0 Å². The Balaban J connectivity index is 1.21. The zero-order chi connectivity index (χ0) is 25.0. The van der Waals surface area contributed by atoms with Crippen molar-refractivity contribution >= 4 is 27.7 Å². The quantitative estimate of drug-likeness (QED) is 0.330. The molecular formula is C32H30N4O. The van der Waals surface area contributed by atoms with Crippen LogP contribution in [0.15, 0.2) is 103 Å². The maximum Gasteiger partial charge on any atom is 0.272 e. The highest BCUT2D eigenvalue weighted by atomic mass is 16.2. The third kappa shape index (κ3) is 5.09. The van der Waals surface area contributed by atoms with Crippen molar-refractivity contribution in [2.75, 3.05) is 6.54 Å². The average molecular weight is 487 g/mol. The first kappa shape index (κ1) is 23.3. The number of hydrogen-bond donors (Lipinski definition) is 1. The molecule has 184 valence electrons. The average Bonchev–Trinajstić information content (AvgIpc) is 2.96. The first-order valence-electron chi connectivity index (χ1n) is 13.0. The zero-order valence-corrected chi connectivity index (χ0v) is 20.8. The number of nitrogens with zero attached hydrogens (tertiary/aromatic N) is 3. The predicted octanol–water partition coefficient (Wildman–Crippen LogP) is 5.79. The van der Waals surface area contributed by atoms with Crippen molar-refractivity contribution in [1.82, 2.24) is 20.2 Å². The van der Waals surface area contributed by atoms with Crippen LogP contribution in [0, 0.1) is 0 Å². The second kappa shape index (κ2) is 10.5. The van der Waals surface area contributed by atoms with E-state index in [-0.39, 0.29) is 11.9 Å². The molecule has 2 aromatic heterocycles. The summed E-state index contributed by atoms with van der Waals surface area (Å²) in [6.07, 6.45) is 4.52. The van der Waals surface area contributed by atoms with Crippen LogP contribution in [-0.2, 0) is 13.0 Å². The fraction of sp³-hybridized carbons (Fsp3) is 0.219. The van der Waals surface area contributed by atoms with Crippen molar-refractivity contribution < 1.29 is 4.79 Å². The van der Waals surface area contributed by atoms with E-state index < -0.39 is 0 Å². The Bertz CT molecular complexity index is 1530. The van der Waals surface area contributed by atoms with Crippen LogP contribution in [0.4, 0.5) is 0 Å². The molecule has 2 atom stereocenters. The normalized spacial score (nSPS) is 17.8. The number of hydrogen-bond acceptors (Lipinski definition) is 4. The van der Waals surface area contributed by atoms with Gasteiger partial charge in [0.15, 0.2) is 0 Å². The van der Waals surface area contributed by atoms with E-state index in [9.17, 15) is 4.79 Å². The Morgan fingerprint density at radius 2 is 1.65 bits per heavy atom. The monoisotopic (exact) mass is 486 g/mol. The molecule has 1 fully saturated rings. The summed E-state index contributed by atoms with van der Waals surface area (Å²) < 4.78 is 0. The summed E-state index contributed by atoms with van der Waals surface area (Å²) in [5.41, 5.74) is 4.90. The number of fused-ring (bicyclic) bond motifs is 2. The van der Waals surface area contributed by atoms with E-state index >= 15 is 0 Å². The van der Waals surface area contributed by atoms with Crippen LogP contribution in [0.3, 0.4) is 0 Å². The molecule has 3 aromatic carbocycles. The Hall–Kier alpha value is -4.09. The lowest BCUT2D eigenvalue weighted by atomic mass is 9.91. The fourth-order valence-corrected chi connectivity index (χ4v) is 5.48. The minimum Gasteiger partial charge on any atom is -0.334 e. The van der Waals surface area contributed by atoms with E-state index in [1.165, 1.54) is 16.5 Å². The zero-order valence-electron chi connectivity index (χ0n) is 20.8. The summed E-state index contributed by atoms with van der Waals surface area (Å²) in [7, 11) is 0. The fourth-order valence-electron chi connectivity index (χ4n) is 5.48. The van der Waals surface area contributed by atoms with Gasteiger partial charge in [0.1, 0.15) is 5.69 Å². The molecule has 5 heteroatoms. The molecule has 5 aromatic rings. The number of amides is 1. The van der Waals surface area contributed by atoms with Crippen molar-refractivity contribution in [3.63, 3.8) is 0 Å². The highest BCUT2D eigenvalue weighted by molar-refractivity contribution is 5.95. The molecule has 6 rings (SSSR count). The first-order chi connectivity index (χ1) is 18.2. The Morgan fingerprint density at radius 1 is 0.865 bits per heavy atom. The maximum absolute atomic E-state index is 13.7. The van der Waals surface area contributed by atoms with Gasteiger partial charge in [-0.1, -0.05) is 72.8 Å². The summed E-state index contributed by atoms with van der Waals surface area (Å²) in [5.74, 6) is 0.0188. The lowest BCUT2D eigenvalue weighted by molar-refractivity contribution is 0.0571. The molecule has 1 saturated heterocycles. The van der Waals surface area contributed by atoms with Gasteiger partial charge >= 0.3 is 0 Å². The van der Waals surface area contributed by atoms with Gasteiger partial charge < -0.3 is 10.2 Å². The molecule has 0 bridgehead atoms. The topological polar surface area (TPSA) is 58.1 Å². The molecule has 0 unspecified atom stereocenters. The van der Waals surface area contributed by atoms with Gasteiger partial charge in [-0.15, -0.1) is 0 Å². The molecule has 0 spiro atoms. The number of carbonyl (C=O) groups excluding carboxylic acids is 1. The molecule has 0 radical (unpaired) electrons. The van der Waals surface area contributed by atoms with E-state index in [0.717, 1.165) is 42.2 Å². The number of likely N-dealkylation sites (tertiary alicyclic amines) is 1. The molecule has 1 aliphatic heterocycles. The number of rotatable bonds is 6. The largest absolute Gasteiger partial charge is 0.334 e. The molecule has 1 amide bonds. The van der Waals surface area contributed by atoms with E-state index in [1.54, 1.807) is 0 Å². The SMILES string of the molecule is O=C(c1ccc2ccccc2n1)N1CC[C@H](NCc2ccnc3ccccc23)C[C@H]1Cc1ccccc1. The summed E-state index contributed by atoms with van der Waals surface area (Å²) in [6.45, 7) is 1.49. The summed E-state index contributed by atoms with van der Waals surface area (Å²) in [5, 5.41) is 6.02. The molecule has 37 heavy (non-hydrogen) atoms. The van der Waals surface area contributed by atoms with Crippen LogP contribution in [0.2, 0.25) is 0 Å². The van der Waals surface area contributed by atoms with E-state index in [4.69, 9.17) is 4.98 Å². The number of nitrogens with one attached hydrogen (secondary N) is 1. The Morgan fingerprint density at radius 3 is 2.54 bits per heavy atom. The van der Waals surface area contributed by atoms with Crippen LogP contribution in [0.1, 0.15) is 34.5 Å². The minimum absolute atomic E-state index is 0.0188. The number of piperidine rings is 1. The lowest BCUT2D eigenvalue weighted by Crippen LogP contribution is -2.51. The van der Waals surface area contributed by atoms with Gasteiger partial charge in [-0.25, -0.2) is 4.98 Å². The van der Waals surface area contributed by atoms with Crippen molar-refractivity contribution in [3.05, 3.63) is 120 Å². The number of pyridine rings is 2. The number of aromatic nitrogens is 2. The van der Waals surface area contributed by atoms with Crippen molar-refractivity contribution in [2.24, 2.45) is 0 Å². The maximum atomic E-state index is 13.7. The molecule has 0 saturated carbocycles. The van der Waals surface area contributed by atoms with Gasteiger partial charge in [0.05, 0.1) is 11.0 Å². The van der Waals surface area contributed by atoms with Gasteiger partial charge in [0, 0.05) is 42.1 Å². The van der Waals surface area contributed by atoms with Gasteiger partial charge in [-0.2, -0.15) is 0 Å². The van der Waals surface area contributed by atoms with Crippen LogP contribution in [-0.4, -0.2) is 39.4 Å². The van der Waals surface area contributed by atoms with Gasteiger partial charge in [0.25, 0.3) is 5.91 Å². The van der Waals surface area contributed by atoms with Crippen molar-refractivity contribution in [3.8, 4) is 0 Å². The Labute approximate surface area is 217 Å². The molecular weight excluding hydrogens is 456 g/mol. The second-order valence-corrected chi connectivity index (χ2v) is 9.82. The highest BCUT2D eigenvalue weighted by Crippen LogP contribution is 2.25. The second-order valence-electron chi connectivity index (χ2n) is 9.82. The van der Waals surface area contributed by atoms with Crippen molar-refractivity contribution in [2.45, 2.75) is 37.9 Å². The summed E-state index contributed by atoms with van der Waals surface area (Å²) in [4.78, 5) is 25.0. The summed E-state index contributed by atoms with van der Waals surface area (Å²) >= 11 is 0. The van der Waals surface area contributed by atoms with Crippen LogP contribution in [0.5, 0.6) is 0 Å². The number of carbonyl (C=O) groups is 1. The third-order valence-corrected chi connectivity index (χ3v) is 7.43. The minimum atomic E-state index is 0.0188. The van der Waals surface area contributed by atoms with E-state index in [0.29, 0.717) is 18.3 Å². The third-order valence-electron chi connectivity index (χ3n) is 7.43. The molecule has 3 heterocycles. The Kier molecular flexibility index (Phi) is 6.61. The molecule has 0 aliphatic carbocycles. The van der Waals surface area contributed by atoms with Gasteiger partial charge in [-0.05, 0) is 54.7 Å². The number of benzene rings is 3. The predicted molar refractivity (Wildman–Crippen MR) is 148 cm³/mol. The standard InChI is InChI=1S/C32H30N4O/c37-32(31-15-14-24-10-4-6-12-29(24)35-31)36-19-17-26(21-27(36)20-23-8-2-1-3-9-23)34-22-25-16-18-33-30-13-7-5-11-28(25)30/h1-16,18,26-27,34H,17,19-22H2/t26-,27+/m0/s1. The molecule has 1 N–H and O–H groups in total. The van der Waals surface area contributed by atoms with E-state index in [2.05, 4.69) is 58.8 Å². The van der Waals surface area contributed by atoms with Gasteiger partial charge in [0.2, 0.25) is 0 Å². The molecule has 5 nitrogen and oxygen atoms in total. The first-order valence-corrected chi connectivity index (χ1v) is 13.0. The summed E-state index contributed by atoms with van der Waals surface area (Å²) in [6, 6.07) is 33.1. The van der Waals surface area contributed by atoms with Crippen LogP contribution in [0.25, 0.3) is 21.8 Å². The smallest absolute Gasteiger partial charge is 0.272 e. The van der Waals surface area contributed by atoms with Crippen LogP contribution < -0.4 is 5.32 Å². The van der Waals surface area contributed by atoms with E-state index in [1.807, 2.05) is 59.6 Å². The molecule has 1 aliphatic rings. The number of para-hydroxylation sites is 2. The lowest BCUT2D eigenvalue weighted by Gasteiger charge is -2.40.